The highest BCUT2D eigenvalue weighted by Gasteiger charge is 2.11. The summed E-state index contributed by atoms with van der Waals surface area (Å²) in [6.45, 7) is 7.11. The van der Waals surface area contributed by atoms with Gasteiger partial charge < -0.3 is 10.5 Å². The fraction of sp³-hybridized carbons (Fsp3) is 0.600. The normalized spacial score (nSPS) is 14.3. The predicted molar refractivity (Wildman–Crippen MR) is 78.4 cm³/mol. The van der Waals surface area contributed by atoms with Crippen molar-refractivity contribution in [2.24, 2.45) is 11.7 Å². The van der Waals surface area contributed by atoms with Gasteiger partial charge in [-0.25, -0.2) is 0 Å². The SMILES string of the molecule is CCCC(C)COc1cccc(Cl)c1CC(C)N. The summed E-state index contributed by atoms with van der Waals surface area (Å²) in [7, 11) is 0. The Labute approximate surface area is 115 Å². The lowest BCUT2D eigenvalue weighted by molar-refractivity contribution is 0.249. The Balaban J connectivity index is 2.72. The van der Waals surface area contributed by atoms with Gasteiger partial charge in [0.2, 0.25) is 0 Å². The Hall–Kier alpha value is -0.730. The Kier molecular flexibility index (Phi) is 6.51. The van der Waals surface area contributed by atoms with Crippen LogP contribution in [-0.4, -0.2) is 12.6 Å². The molecule has 0 fully saturated rings. The minimum absolute atomic E-state index is 0.0836. The lowest BCUT2D eigenvalue weighted by atomic mass is 10.1. The van der Waals surface area contributed by atoms with Crippen LogP contribution < -0.4 is 10.5 Å². The van der Waals surface area contributed by atoms with E-state index in [0.29, 0.717) is 5.92 Å². The minimum Gasteiger partial charge on any atom is -0.493 e. The molecule has 0 saturated carbocycles. The fourth-order valence-electron chi connectivity index (χ4n) is 2.00. The molecule has 1 rings (SSSR count). The zero-order valence-electron chi connectivity index (χ0n) is 11.6. The maximum Gasteiger partial charge on any atom is 0.124 e. The van der Waals surface area contributed by atoms with Crippen molar-refractivity contribution in [3.05, 3.63) is 28.8 Å². The highest BCUT2D eigenvalue weighted by atomic mass is 35.5. The van der Waals surface area contributed by atoms with Crippen LogP contribution in [0.1, 0.15) is 39.2 Å². The smallest absolute Gasteiger partial charge is 0.124 e. The van der Waals surface area contributed by atoms with Gasteiger partial charge >= 0.3 is 0 Å². The van der Waals surface area contributed by atoms with Crippen molar-refractivity contribution in [3.8, 4) is 5.75 Å². The van der Waals surface area contributed by atoms with E-state index < -0.39 is 0 Å². The second-order valence-corrected chi connectivity index (χ2v) is 5.51. The minimum atomic E-state index is 0.0836. The van der Waals surface area contributed by atoms with Gasteiger partial charge in [0.05, 0.1) is 6.61 Å². The molecule has 0 aliphatic heterocycles. The van der Waals surface area contributed by atoms with Crippen LogP contribution in [0.2, 0.25) is 5.02 Å². The van der Waals surface area contributed by atoms with Crippen LogP contribution in [-0.2, 0) is 6.42 Å². The van der Waals surface area contributed by atoms with E-state index in [4.69, 9.17) is 22.1 Å². The molecule has 1 aromatic rings. The topological polar surface area (TPSA) is 35.2 Å². The van der Waals surface area contributed by atoms with Crippen molar-refractivity contribution in [1.29, 1.82) is 0 Å². The van der Waals surface area contributed by atoms with Crippen molar-refractivity contribution in [3.63, 3.8) is 0 Å². The van der Waals surface area contributed by atoms with Gasteiger partial charge in [-0.1, -0.05) is 37.9 Å². The second kappa shape index (κ2) is 7.65. The maximum absolute atomic E-state index is 6.21. The number of rotatable bonds is 7. The first-order valence-electron chi connectivity index (χ1n) is 6.70. The summed E-state index contributed by atoms with van der Waals surface area (Å²) in [5, 5.41) is 0.743. The number of hydrogen-bond acceptors (Lipinski definition) is 2. The average Bonchev–Trinajstić information content (AvgIpc) is 2.30. The summed E-state index contributed by atoms with van der Waals surface area (Å²) in [4.78, 5) is 0. The van der Waals surface area contributed by atoms with Gasteiger partial charge in [-0.05, 0) is 37.8 Å². The van der Waals surface area contributed by atoms with Crippen molar-refractivity contribution in [1.82, 2.24) is 0 Å². The molecule has 3 heteroatoms. The molecule has 1 aromatic carbocycles. The van der Waals surface area contributed by atoms with Crippen LogP contribution in [0.25, 0.3) is 0 Å². The molecule has 0 aliphatic rings. The molecule has 2 nitrogen and oxygen atoms in total. The number of ether oxygens (including phenoxy) is 1. The molecule has 18 heavy (non-hydrogen) atoms. The molecule has 0 amide bonds. The van der Waals surface area contributed by atoms with E-state index in [1.54, 1.807) is 0 Å². The first-order chi connectivity index (χ1) is 8.54. The van der Waals surface area contributed by atoms with Gasteiger partial charge in [0, 0.05) is 16.6 Å². The summed E-state index contributed by atoms with van der Waals surface area (Å²) in [5.74, 6) is 1.44. The lowest BCUT2D eigenvalue weighted by Crippen LogP contribution is -2.19. The summed E-state index contributed by atoms with van der Waals surface area (Å²) in [6, 6.07) is 5.87. The van der Waals surface area contributed by atoms with E-state index in [0.717, 1.165) is 29.4 Å². The summed E-state index contributed by atoms with van der Waals surface area (Å²) in [5.41, 5.74) is 6.88. The third kappa shape index (κ3) is 4.87. The highest BCUT2D eigenvalue weighted by Crippen LogP contribution is 2.28. The quantitative estimate of drug-likeness (QED) is 0.811. The van der Waals surface area contributed by atoms with Gasteiger partial charge in [0.1, 0.15) is 5.75 Å². The monoisotopic (exact) mass is 269 g/mol. The maximum atomic E-state index is 6.21. The molecule has 0 saturated heterocycles. The number of benzene rings is 1. The molecular formula is C15H24ClNO. The Morgan fingerprint density at radius 2 is 2.06 bits per heavy atom. The molecule has 2 N–H and O–H groups in total. The molecular weight excluding hydrogens is 246 g/mol. The number of halogens is 1. The third-order valence-electron chi connectivity index (χ3n) is 2.91. The summed E-state index contributed by atoms with van der Waals surface area (Å²) < 4.78 is 5.89. The molecule has 2 unspecified atom stereocenters. The molecule has 0 aromatic heterocycles. The predicted octanol–water partition coefficient (Wildman–Crippen LogP) is 4.04. The molecule has 0 radical (unpaired) electrons. The largest absolute Gasteiger partial charge is 0.493 e. The first-order valence-corrected chi connectivity index (χ1v) is 7.08. The zero-order chi connectivity index (χ0) is 13.5. The Bertz CT molecular complexity index is 366. The number of nitrogens with two attached hydrogens (primary N) is 1. The third-order valence-corrected chi connectivity index (χ3v) is 3.26. The summed E-state index contributed by atoms with van der Waals surface area (Å²) >= 11 is 6.21. The Morgan fingerprint density at radius 1 is 1.33 bits per heavy atom. The van der Waals surface area contributed by atoms with Crippen LogP contribution in [0.15, 0.2) is 18.2 Å². The van der Waals surface area contributed by atoms with Crippen LogP contribution >= 0.6 is 11.6 Å². The molecule has 2 atom stereocenters. The van der Waals surface area contributed by atoms with Crippen LogP contribution in [0.4, 0.5) is 0 Å². The van der Waals surface area contributed by atoms with Crippen molar-refractivity contribution in [2.75, 3.05) is 6.61 Å². The van der Waals surface area contributed by atoms with Gasteiger partial charge in [-0.2, -0.15) is 0 Å². The van der Waals surface area contributed by atoms with E-state index in [2.05, 4.69) is 13.8 Å². The van der Waals surface area contributed by atoms with Crippen LogP contribution in [0.3, 0.4) is 0 Å². The van der Waals surface area contributed by atoms with Gasteiger partial charge in [-0.15, -0.1) is 0 Å². The molecule has 0 spiro atoms. The molecule has 0 aliphatic carbocycles. The van der Waals surface area contributed by atoms with Crippen LogP contribution in [0.5, 0.6) is 5.75 Å². The van der Waals surface area contributed by atoms with Crippen molar-refractivity contribution in [2.45, 2.75) is 46.1 Å². The Morgan fingerprint density at radius 3 is 2.67 bits per heavy atom. The average molecular weight is 270 g/mol. The van der Waals surface area contributed by atoms with E-state index in [-0.39, 0.29) is 6.04 Å². The van der Waals surface area contributed by atoms with E-state index in [1.165, 1.54) is 12.8 Å². The van der Waals surface area contributed by atoms with E-state index >= 15 is 0 Å². The molecule has 0 bridgehead atoms. The van der Waals surface area contributed by atoms with E-state index in [9.17, 15) is 0 Å². The van der Waals surface area contributed by atoms with Crippen molar-refractivity contribution < 1.29 is 4.74 Å². The zero-order valence-corrected chi connectivity index (χ0v) is 12.3. The van der Waals surface area contributed by atoms with Crippen molar-refractivity contribution >= 4 is 11.6 Å². The van der Waals surface area contributed by atoms with Crippen LogP contribution in [0, 0.1) is 5.92 Å². The highest BCUT2D eigenvalue weighted by molar-refractivity contribution is 6.31. The summed E-state index contributed by atoms with van der Waals surface area (Å²) in [6.07, 6.45) is 3.12. The lowest BCUT2D eigenvalue weighted by Gasteiger charge is -2.17. The fourth-order valence-corrected chi connectivity index (χ4v) is 2.25. The second-order valence-electron chi connectivity index (χ2n) is 5.10. The van der Waals surface area contributed by atoms with Gasteiger partial charge in [0.25, 0.3) is 0 Å². The molecule has 0 heterocycles. The first kappa shape index (κ1) is 15.3. The standard InChI is InChI=1S/C15H24ClNO/c1-4-6-11(2)10-18-15-8-5-7-14(16)13(15)9-12(3)17/h5,7-8,11-12H,4,6,9-10,17H2,1-3H3. The molecule has 102 valence electrons. The van der Waals surface area contributed by atoms with Gasteiger partial charge in [0.15, 0.2) is 0 Å². The van der Waals surface area contributed by atoms with E-state index in [1.807, 2.05) is 25.1 Å². The van der Waals surface area contributed by atoms with Gasteiger partial charge in [-0.3, -0.25) is 0 Å². The number of hydrogen-bond donors (Lipinski definition) is 1.